The second kappa shape index (κ2) is 6.72. The molecule has 2 aromatic carbocycles. The zero-order valence-corrected chi connectivity index (χ0v) is 12.9. The predicted molar refractivity (Wildman–Crippen MR) is 88.1 cm³/mol. The minimum absolute atomic E-state index is 0.0448. The molecule has 21 heavy (non-hydrogen) atoms. The fraction of sp³-hybridized carbons (Fsp3) is 0.389. The van der Waals surface area contributed by atoms with Gasteiger partial charge in [0.2, 0.25) is 5.91 Å². The summed E-state index contributed by atoms with van der Waals surface area (Å²) in [4.78, 5) is 12.2. The summed E-state index contributed by atoms with van der Waals surface area (Å²) in [5, 5.41) is 5.35. The smallest absolute Gasteiger partial charge is 0.224 e. The Bertz CT molecular complexity index is 614. The van der Waals surface area contributed by atoms with Crippen molar-refractivity contribution in [2.45, 2.75) is 26.7 Å². The van der Waals surface area contributed by atoms with Gasteiger partial charge < -0.3 is 11.1 Å². The lowest BCUT2D eigenvalue weighted by molar-refractivity contribution is -0.120. The van der Waals surface area contributed by atoms with E-state index in [9.17, 15) is 4.79 Å². The molecule has 2 rings (SSSR count). The summed E-state index contributed by atoms with van der Waals surface area (Å²) in [5.74, 6) is 0.0662. The van der Waals surface area contributed by atoms with Crippen LogP contribution in [0.2, 0.25) is 0 Å². The van der Waals surface area contributed by atoms with Crippen molar-refractivity contribution < 1.29 is 4.79 Å². The van der Waals surface area contributed by atoms with Gasteiger partial charge in [-0.15, -0.1) is 0 Å². The van der Waals surface area contributed by atoms with Crippen LogP contribution in [0.1, 0.15) is 25.8 Å². The van der Waals surface area contributed by atoms with Crippen LogP contribution in [0.4, 0.5) is 0 Å². The van der Waals surface area contributed by atoms with Crippen LogP contribution in [0, 0.1) is 5.41 Å². The number of carbonyl (C=O) groups excluding carboxylic acids is 1. The molecule has 0 heterocycles. The molecule has 0 bridgehead atoms. The maximum absolute atomic E-state index is 12.2. The summed E-state index contributed by atoms with van der Waals surface area (Å²) in [5.41, 5.74) is 6.71. The molecule has 0 unspecified atom stereocenters. The third-order valence-electron chi connectivity index (χ3n) is 3.82. The Morgan fingerprint density at radius 2 is 1.86 bits per heavy atom. The fourth-order valence-electron chi connectivity index (χ4n) is 2.50. The molecule has 2 aromatic rings. The van der Waals surface area contributed by atoms with Crippen molar-refractivity contribution in [1.82, 2.24) is 5.32 Å². The number of nitrogens with two attached hydrogens (primary N) is 1. The Kier molecular flexibility index (Phi) is 4.97. The number of nitrogens with one attached hydrogen (secondary N) is 1. The molecular formula is C18H24N2O. The lowest BCUT2D eigenvalue weighted by Crippen LogP contribution is -2.36. The maximum atomic E-state index is 12.2. The van der Waals surface area contributed by atoms with Crippen LogP contribution >= 0.6 is 0 Å². The monoisotopic (exact) mass is 284 g/mol. The number of rotatable bonds is 6. The summed E-state index contributed by atoms with van der Waals surface area (Å²) in [7, 11) is 0. The second-order valence-corrected chi connectivity index (χ2v) is 6.29. The van der Waals surface area contributed by atoms with E-state index >= 15 is 0 Å². The summed E-state index contributed by atoms with van der Waals surface area (Å²) in [6.07, 6.45) is 1.32. The molecule has 112 valence electrons. The quantitative estimate of drug-likeness (QED) is 0.857. The topological polar surface area (TPSA) is 55.1 Å². The SMILES string of the molecule is CC(C)(CCN)CNC(=O)Cc1cccc2ccccc12. The van der Waals surface area contributed by atoms with Crippen molar-refractivity contribution in [3.8, 4) is 0 Å². The van der Waals surface area contributed by atoms with Gasteiger partial charge in [-0.1, -0.05) is 56.3 Å². The molecule has 0 saturated heterocycles. The molecule has 1 amide bonds. The molecule has 0 aromatic heterocycles. The Hall–Kier alpha value is -1.87. The Morgan fingerprint density at radius 1 is 1.14 bits per heavy atom. The first-order valence-corrected chi connectivity index (χ1v) is 7.45. The van der Waals surface area contributed by atoms with Gasteiger partial charge in [0.05, 0.1) is 6.42 Å². The molecule has 0 spiro atoms. The third-order valence-corrected chi connectivity index (χ3v) is 3.82. The van der Waals surface area contributed by atoms with Gasteiger partial charge in [-0.3, -0.25) is 4.79 Å². The molecule has 0 saturated carbocycles. The van der Waals surface area contributed by atoms with Gasteiger partial charge >= 0.3 is 0 Å². The van der Waals surface area contributed by atoms with Crippen molar-refractivity contribution in [2.24, 2.45) is 11.1 Å². The first-order valence-electron chi connectivity index (χ1n) is 7.45. The van der Waals surface area contributed by atoms with Crippen molar-refractivity contribution in [1.29, 1.82) is 0 Å². The van der Waals surface area contributed by atoms with Crippen LogP contribution in [0.25, 0.3) is 10.8 Å². The molecule has 3 heteroatoms. The highest BCUT2D eigenvalue weighted by Crippen LogP contribution is 2.20. The van der Waals surface area contributed by atoms with E-state index in [2.05, 4.69) is 37.4 Å². The number of hydrogen-bond donors (Lipinski definition) is 2. The summed E-state index contributed by atoms with van der Waals surface area (Å²) >= 11 is 0. The van der Waals surface area contributed by atoms with Crippen LogP contribution < -0.4 is 11.1 Å². The van der Waals surface area contributed by atoms with Crippen LogP contribution in [0.15, 0.2) is 42.5 Å². The average Bonchev–Trinajstić information content (AvgIpc) is 2.46. The third kappa shape index (κ3) is 4.30. The molecule has 0 aliphatic rings. The van der Waals surface area contributed by atoms with E-state index in [1.165, 1.54) is 5.39 Å². The first kappa shape index (κ1) is 15.5. The predicted octanol–water partition coefficient (Wildman–Crippen LogP) is 2.87. The van der Waals surface area contributed by atoms with Gasteiger partial charge in [-0.25, -0.2) is 0 Å². The highest BCUT2D eigenvalue weighted by molar-refractivity contribution is 5.90. The zero-order chi connectivity index (χ0) is 15.3. The summed E-state index contributed by atoms with van der Waals surface area (Å²) in [6.45, 7) is 5.55. The lowest BCUT2D eigenvalue weighted by atomic mass is 9.89. The molecule has 0 aliphatic carbocycles. The van der Waals surface area contributed by atoms with E-state index in [4.69, 9.17) is 5.73 Å². The van der Waals surface area contributed by atoms with Gasteiger partial charge in [0.15, 0.2) is 0 Å². The number of carbonyl (C=O) groups is 1. The highest BCUT2D eigenvalue weighted by atomic mass is 16.1. The normalized spacial score (nSPS) is 11.6. The number of hydrogen-bond acceptors (Lipinski definition) is 2. The standard InChI is InChI=1S/C18H24N2O/c1-18(2,10-11-19)13-20-17(21)12-15-8-5-7-14-6-3-4-9-16(14)15/h3-9H,10-13,19H2,1-2H3,(H,20,21). The van der Waals surface area contributed by atoms with Crippen molar-refractivity contribution >= 4 is 16.7 Å². The van der Waals surface area contributed by atoms with Gasteiger partial charge in [0.25, 0.3) is 0 Å². The maximum Gasteiger partial charge on any atom is 0.224 e. The first-order chi connectivity index (χ1) is 10.0. The Morgan fingerprint density at radius 3 is 2.62 bits per heavy atom. The van der Waals surface area contributed by atoms with Gasteiger partial charge in [-0.05, 0) is 34.7 Å². The minimum Gasteiger partial charge on any atom is -0.355 e. The molecule has 3 nitrogen and oxygen atoms in total. The summed E-state index contributed by atoms with van der Waals surface area (Å²) in [6, 6.07) is 14.3. The average molecular weight is 284 g/mol. The molecule has 0 aliphatic heterocycles. The van der Waals surface area contributed by atoms with Crippen LogP contribution in [0.3, 0.4) is 0 Å². The van der Waals surface area contributed by atoms with E-state index in [1.807, 2.05) is 24.3 Å². The number of benzene rings is 2. The second-order valence-electron chi connectivity index (χ2n) is 6.29. The van der Waals surface area contributed by atoms with Gasteiger partial charge in [-0.2, -0.15) is 0 Å². The van der Waals surface area contributed by atoms with E-state index in [-0.39, 0.29) is 11.3 Å². The van der Waals surface area contributed by atoms with Gasteiger partial charge in [0, 0.05) is 6.54 Å². The molecule has 3 N–H and O–H groups in total. The largest absolute Gasteiger partial charge is 0.355 e. The zero-order valence-electron chi connectivity index (χ0n) is 12.9. The Labute approximate surface area is 126 Å². The van der Waals surface area contributed by atoms with Crippen LogP contribution in [-0.2, 0) is 11.2 Å². The highest BCUT2D eigenvalue weighted by Gasteiger charge is 2.18. The molecule has 0 atom stereocenters. The summed E-state index contributed by atoms with van der Waals surface area (Å²) < 4.78 is 0. The van der Waals surface area contributed by atoms with E-state index in [0.717, 1.165) is 17.4 Å². The van der Waals surface area contributed by atoms with Crippen molar-refractivity contribution in [3.63, 3.8) is 0 Å². The van der Waals surface area contributed by atoms with E-state index < -0.39 is 0 Å². The molecule has 0 radical (unpaired) electrons. The van der Waals surface area contributed by atoms with E-state index in [0.29, 0.717) is 19.5 Å². The number of amides is 1. The molecular weight excluding hydrogens is 260 g/mol. The van der Waals surface area contributed by atoms with Crippen molar-refractivity contribution in [3.05, 3.63) is 48.0 Å². The number of fused-ring (bicyclic) bond motifs is 1. The minimum atomic E-state index is 0.0448. The Balaban J connectivity index is 2.02. The fourth-order valence-corrected chi connectivity index (χ4v) is 2.50. The van der Waals surface area contributed by atoms with E-state index in [1.54, 1.807) is 0 Å². The lowest BCUT2D eigenvalue weighted by Gasteiger charge is -2.24. The van der Waals surface area contributed by atoms with Crippen LogP contribution in [0.5, 0.6) is 0 Å². The molecule has 0 fully saturated rings. The van der Waals surface area contributed by atoms with Gasteiger partial charge in [0.1, 0.15) is 0 Å². The van der Waals surface area contributed by atoms with Crippen molar-refractivity contribution in [2.75, 3.05) is 13.1 Å². The van der Waals surface area contributed by atoms with Crippen LogP contribution in [-0.4, -0.2) is 19.0 Å².